The maximum Gasteiger partial charge on any atom is 0.164 e. The van der Waals surface area contributed by atoms with Crippen LogP contribution in [0.3, 0.4) is 0 Å². The minimum absolute atomic E-state index is 0.132. The summed E-state index contributed by atoms with van der Waals surface area (Å²) < 4.78 is 0. The molecule has 0 fully saturated rings. The molecule has 0 spiro atoms. The van der Waals surface area contributed by atoms with E-state index >= 15 is 0 Å². The molecule has 1 aliphatic rings. The van der Waals surface area contributed by atoms with Crippen LogP contribution in [0.15, 0.2) is 146 Å². The second-order valence-electron chi connectivity index (χ2n) is 13.5. The SMILES string of the molecule is CC1(C)c2ccccc2-c2ccc(-c3nc(-c4ccccc4)nc(-c4ccc5ccc6ccc7nn(-c8ccccc8)nc7c6c5c4)n3)cc21. The molecule has 10 rings (SSSR count). The Morgan fingerprint density at radius 1 is 0.480 bits per heavy atom. The number of para-hydroxylation sites is 1. The van der Waals surface area contributed by atoms with Gasteiger partial charge in [-0.25, -0.2) is 15.0 Å². The zero-order chi connectivity index (χ0) is 33.4. The van der Waals surface area contributed by atoms with E-state index in [0.29, 0.717) is 17.5 Å². The molecule has 0 unspecified atom stereocenters. The molecule has 2 aromatic heterocycles. The lowest BCUT2D eigenvalue weighted by Gasteiger charge is -2.21. The Morgan fingerprint density at radius 2 is 1.08 bits per heavy atom. The van der Waals surface area contributed by atoms with Gasteiger partial charge in [0.05, 0.1) is 5.69 Å². The molecule has 1 aliphatic carbocycles. The summed E-state index contributed by atoms with van der Waals surface area (Å²) in [5.74, 6) is 1.91. The van der Waals surface area contributed by atoms with Crippen molar-refractivity contribution < 1.29 is 0 Å². The van der Waals surface area contributed by atoms with Crippen molar-refractivity contribution in [1.82, 2.24) is 29.9 Å². The summed E-state index contributed by atoms with van der Waals surface area (Å²) in [6, 6.07) is 50.4. The molecule has 50 heavy (non-hydrogen) atoms. The maximum atomic E-state index is 5.16. The van der Waals surface area contributed by atoms with Crippen molar-refractivity contribution in [3.63, 3.8) is 0 Å². The van der Waals surface area contributed by atoms with Gasteiger partial charge in [0, 0.05) is 27.5 Å². The molecule has 7 aromatic carbocycles. The summed E-state index contributed by atoms with van der Waals surface area (Å²) in [4.78, 5) is 17.0. The van der Waals surface area contributed by atoms with Crippen LogP contribution in [-0.4, -0.2) is 29.9 Å². The topological polar surface area (TPSA) is 69.4 Å². The van der Waals surface area contributed by atoms with Crippen LogP contribution in [0.1, 0.15) is 25.0 Å². The number of hydrogen-bond acceptors (Lipinski definition) is 5. The Bertz CT molecular complexity index is 2780. The minimum Gasteiger partial charge on any atom is -0.208 e. The molecular formula is C44H30N6. The molecule has 0 amide bonds. The maximum absolute atomic E-state index is 5.16. The predicted molar refractivity (Wildman–Crippen MR) is 201 cm³/mol. The van der Waals surface area contributed by atoms with E-state index in [0.717, 1.165) is 55.0 Å². The number of hydrogen-bond donors (Lipinski definition) is 0. The van der Waals surface area contributed by atoms with Gasteiger partial charge in [0.2, 0.25) is 0 Å². The highest BCUT2D eigenvalue weighted by atomic mass is 15.5. The van der Waals surface area contributed by atoms with Gasteiger partial charge in [0.25, 0.3) is 0 Å². The van der Waals surface area contributed by atoms with Crippen molar-refractivity contribution in [2.45, 2.75) is 19.3 Å². The van der Waals surface area contributed by atoms with E-state index in [1.165, 1.54) is 22.3 Å². The van der Waals surface area contributed by atoms with Gasteiger partial charge in [-0.1, -0.05) is 129 Å². The highest BCUT2D eigenvalue weighted by molar-refractivity contribution is 6.18. The molecule has 0 saturated heterocycles. The third kappa shape index (κ3) is 4.38. The second-order valence-corrected chi connectivity index (χ2v) is 13.5. The van der Waals surface area contributed by atoms with Gasteiger partial charge in [0.15, 0.2) is 17.5 Å². The lowest BCUT2D eigenvalue weighted by atomic mass is 9.82. The first-order valence-corrected chi connectivity index (χ1v) is 16.9. The van der Waals surface area contributed by atoms with E-state index in [-0.39, 0.29) is 5.41 Å². The largest absolute Gasteiger partial charge is 0.208 e. The molecule has 9 aromatic rings. The molecule has 6 nitrogen and oxygen atoms in total. The van der Waals surface area contributed by atoms with Crippen LogP contribution in [0.4, 0.5) is 0 Å². The minimum atomic E-state index is -0.132. The zero-order valence-corrected chi connectivity index (χ0v) is 27.5. The quantitative estimate of drug-likeness (QED) is 0.179. The fourth-order valence-electron chi connectivity index (χ4n) is 7.53. The van der Waals surface area contributed by atoms with Crippen LogP contribution in [-0.2, 0) is 5.41 Å². The molecule has 0 radical (unpaired) electrons. The number of aromatic nitrogens is 6. The fourth-order valence-corrected chi connectivity index (χ4v) is 7.53. The van der Waals surface area contributed by atoms with Crippen LogP contribution < -0.4 is 0 Å². The predicted octanol–water partition coefficient (Wildman–Crippen LogP) is 10.2. The standard InChI is InChI=1S/C44H30N6/c1-44(2)36-16-10-9-15-33(36)34-23-21-31(26-37(34)44)43-46-41(29-11-5-3-6-12-29)45-42(47-43)30-20-18-27-17-19-28-22-24-38-40(39(28)35(27)25-30)49-50(48-38)32-13-7-4-8-14-32/h3-26H,1-2H3. The van der Waals surface area contributed by atoms with Crippen molar-refractivity contribution in [2.75, 3.05) is 0 Å². The fraction of sp³-hybridized carbons (Fsp3) is 0.0682. The summed E-state index contributed by atoms with van der Waals surface area (Å²) in [5, 5.41) is 14.2. The van der Waals surface area contributed by atoms with Crippen molar-refractivity contribution in [1.29, 1.82) is 0 Å². The third-order valence-electron chi connectivity index (χ3n) is 10.1. The van der Waals surface area contributed by atoms with E-state index in [9.17, 15) is 0 Å². The molecule has 2 heterocycles. The van der Waals surface area contributed by atoms with Crippen LogP contribution in [0.2, 0.25) is 0 Å². The Morgan fingerprint density at radius 3 is 1.88 bits per heavy atom. The van der Waals surface area contributed by atoms with Crippen LogP contribution in [0.25, 0.3) is 83.6 Å². The Balaban J connectivity index is 1.17. The average Bonchev–Trinajstić information content (AvgIpc) is 3.71. The average molecular weight is 643 g/mol. The molecule has 236 valence electrons. The zero-order valence-electron chi connectivity index (χ0n) is 27.5. The van der Waals surface area contributed by atoms with Crippen LogP contribution in [0.5, 0.6) is 0 Å². The first-order valence-electron chi connectivity index (χ1n) is 16.9. The molecule has 0 bridgehead atoms. The van der Waals surface area contributed by atoms with Crippen molar-refractivity contribution in [3.8, 4) is 51.0 Å². The molecular weight excluding hydrogens is 613 g/mol. The van der Waals surface area contributed by atoms with Gasteiger partial charge in [-0.2, -0.15) is 4.80 Å². The van der Waals surface area contributed by atoms with E-state index in [1.807, 2.05) is 66.7 Å². The van der Waals surface area contributed by atoms with Crippen LogP contribution >= 0.6 is 0 Å². The molecule has 0 N–H and O–H groups in total. The Kier molecular flexibility index (Phi) is 6.12. The third-order valence-corrected chi connectivity index (χ3v) is 10.1. The van der Waals surface area contributed by atoms with Crippen molar-refractivity contribution in [2.24, 2.45) is 0 Å². The van der Waals surface area contributed by atoms with E-state index in [1.54, 1.807) is 4.80 Å². The number of rotatable bonds is 4. The van der Waals surface area contributed by atoms with Gasteiger partial charge in [-0.3, -0.25) is 0 Å². The van der Waals surface area contributed by atoms with Gasteiger partial charge in [0.1, 0.15) is 11.0 Å². The van der Waals surface area contributed by atoms with Gasteiger partial charge in [-0.15, -0.1) is 10.2 Å². The van der Waals surface area contributed by atoms with Gasteiger partial charge >= 0.3 is 0 Å². The Labute approximate surface area is 288 Å². The van der Waals surface area contributed by atoms with Crippen molar-refractivity contribution >= 4 is 32.6 Å². The summed E-state index contributed by atoms with van der Waals surface area (Å²) in [6.07, 6.45) is 0. The highest BCUT2D eigenvalue weighted by Crippen LogP contribution is 2.49. The van der Waals surface area contributed by atoms with E-state index < -0.39 is 0 Å². The molecule has 0 atom stereocenters. The first-order chi connectivity index (χ1) is 24.5. The lowest BCUT2D eigenvalue weighted by molar-refractivity contribution is 0.660. The monoisotopic (exact) mass is 642 g/mol. The van der Waals surface area contributed by atoms with Crippen LogP contribution in [0, 0.1) is 0 Å². The number of fused-ring (bicyclic) bond motifs is 8. The van der Waals surface area contributed by atoms with E-state index in [4.69, 9.17) is 25.1 Å². The Hall–Kier alpha value is -6.53. The number of nitrogens with zero attached hydrogens (tertiary/aromatic N) is 6. The second kappa shape index (κ2) is 10.7. The first kappa shape index (κ1) is 28.5. The molecule has 6 heteroatoms. The van der Waals surface area contributed by atoms with Gasteiger partial charge < -0.3 is 0 Å². The number of benzene rings is 7. The molecule has 0 aliphatic heterocycles. The normalized spacial score (nSPS) is 13.2. The molecule has 0 saturated carbocycles. The van der Waals surface area contributed by atoms with E-state index in [2.05, 4.69) is 92.7 Å². The smallest absolute Gasteiger partial charge is 0.164 e. The van der Waals surface area contributed by atoms with Gasteiger partial charge in [-0.05, 0) is 68.7 Å². The lowest BCUT2D eigenvalue weighted by Crippen LogP contribution is -2.15. The summed E-state index contributed by atoms with van der Waals surface area (Å²) in [7, 11) is 0. The summed E-state index contributed by atoms with van der Waals surface area (Å²) >= 11 is 0. The van der Waals surface area contributed by atoms with Crippen molar-refractivity contribution in [3.05, 3.63) is 157 Å². The summed E-state index contributed by atoms with van der Waals surface area (Å²) in [5.41, 5.74) is 10.5. The highest BCUT2D eigenvalue weighted by Gasteiger charge is 2.35. The summed E-state index contributed by atoms with van der Waals surface area (Å²) in [6.45, 7) is 4.59.